The highest BCUT2D eigenvalue weighted by atomic mass is 19.4. The molecule has 3 aromatic carbocycles. The van der Waals surface area contributed by atoms with Gasteiger partial charge in [0.05, 0.1) is 18.6 Å². The van der Waals surface area contributed by atoms with Crippen LogP contribution in [0.15, 0.2) is 72.8 Å². The number of rotatable bonds is 11. The van der Waals surface area contributed by atoms with Crippen molar-refractivity contribution < 1.29 is 31.9 Å². The molecule has 0 saturated carbocycles. The number of esters is 1. The Morgan fingerprint density at radius 2 is 1.56 bits per heavy atom. The van der Waals surface area contributed by atoms with Crippen LogP contribution in [0.25, 0.3) is 11.1 Å². The first-order valence-electron chi connectivity index (χ1n) is 14.7. The minimum absolute atomic E-state index is 0.0160. The molecule has 4 rings (SSSR count). The second-order valence-corrected chi connectivity index (χ2v) is 11.4. The van der Waals surface area contributed by atoms with Gasteiger partial charge in [0.15, 0.2) is 0 Å². The number of likely N-dealkylation sites (tertiary alicyclic amines) is 1. The number of halogens is 4. The fraction of sp³-hybridized carbons (Fsp3) is 0.412. The van der Waals surface area contributed by atoms with E-state index in [1.54, 1.807) is 43.3 Å². The molecule has 43 heavy (non-hydrogen) atoms. The molecule has 0 bridgehead atoms. The Labute approximate surface area is 250 Å². The topological polar surface area (TPSA) is 58.6 Å². The first kappa shape index (κ1) is 32.2. The molecule has 1 saturated heterocycles. The predicted octanol–water partition coefficient (Wildman–Crippen LogP) is 7.40. The number of ether oxygens (including phenoxy) is 1. The van der Waals surface area contributed by atoms with Gasteiger partial charge in [-0.3, -0.25) is 9.59 Å². The standard InChI is InChI=1S/C34H38F4N2O3/c1-3-43-31(41)23-33(2,25-13-15-27(35)16-14-25)19-6-20-40-21-17-28(18-22-40)39-32(42)30-8-5-4-7-29(30)24-9-11-26(12-10-24)34(36,37)38/h4-5,7-16,28H,3,6,17-23H2,1-2H3,(H,39,42). The normalized spacial score (nSPS) is 16.0. The van der Waals surface area contributed by atoms with Crippen LogP contribution in [0.5, 0.6) is 0 Å². The molecule has 0 spiro atoms. The van der Waals surface area contributed by atoms with Crippen LogP contribution in [0.2, 0.25) is 0 Å². The van der Waals surface area contributed by atoms with Crippen molar-refractivity contribution in [2.45, 2.75) is 63.6 Å². The number of amides is 1. The second kappa shape index (κ2) is 14.2. The highest BCUT2D eigenvalue weighted by molar-refractivity contribution is 6.01. The molecular formula is C34H38F4N2O3. The minimum atomic E-state index is -4.42. The molecule has 5 nitrogen and oxygen atoms in total. The Morgan fingerprint density at radius 1 is 0.930 bits per heavy atom. The summed E-state index contributed by atoms with van der Waals surface area (Å²) < 4.78 is 57.7. The molecule has 0 aromatic heterocycles. The van der Waals surface area contributed by atoms with Gasteiger partial charge in [-0.2, -0.15) is 13.2 Å². The van der Waals surface area contributed by atoms with Crippen LogP contribution in [0, 0.1) is 5.82 Å². The maximum absolute atomic E-state index is 13.5. The summed E-state index contributed by atoms with van der Waals surface area (Å²) in [6.07, 6.45) is -1.10. The van der Waals surface area contributed by atoms with Crippen molar-refractivity contribution in [2.24, 2.45) is 0 Å². The molecule has 1 aliphatic heterocycles. The maximum atomic E-state index is 13.5. The quantitative estimate of drug-likeness (QED) is 0.185. The van der Waals surface area contributed by atoms with Crippen molar-refractivity contribution in [3.05, 3.63) is 95.3 Å². The molecule has 0 aliphatic carbocycles. The molecule has 1 aliphatic rings. The van der Waals surface area contributed by atoms with Gasteiger partial charge in [0, 0.05) is 30.1 Å². The first-order valence-corrected chi connectivity index (χ1v) is 14.7. The molecule has 1 heterocycles. The molecule has 230 valence electrons. The van der Waals surface area contributed by atoms with Crippen LogP contribution >= 0.6 is 0 Å². The Hall–Kier alpha value is -3.72. The molecule has 9 heteroatoms. The first-order chi connectivity index (χ1) is 20.5. The average molecular weight is 599 g/mol. The summed E-state index contributed by atoms with van der Waals surface area (Å²) in [6, 6.07) is 18.0. The molecule has 1 unspecified atom stereocenters. The van der Waals surface area contributed by atoms with Gasteiger partial charge in [0.1, 0.15) is 5.82 Å². The van der Waals surface area contributed by atoms with E-state index in [-0.39, 0.29) is 30.2 Å². The third-order valence-electron chi connectivity index (χ3n) is 8.20. The molecule has 0 radical (unpaired) electrons. The number of hydrogen-bond acceptors (Lipinski definition) is 4. The summed E-state index contributed by atoms with van der Waals surface area (Å²) in [5, 5.41) is 3.11. The summed E-state index contributed by atoms with van der Waals surface area (Å²) in [5.74, 6) is -0.839. The van der Waals surface area contributed by atoms with E-state index in [0.29, 0.717) is 23.3 Å². The van der Waals surface area contributed by atoms with Crippen molar-refractivity contribution in [3.8, 4) is 11.1 Å². The van der Waals surface area contributed by atoms with Gasteiger partial charge in [-0.05, 0) is 86.2 Å². The van der Waals surface area contributed by atoms with Crippen molar-refractivity contribution in [3.63, 3.8) is 0 Å². The summed E-state index contributed by atoms with van der Waals surface area (Å²) in [5.41, 5.74) is 1.24. The maximum Gasteiger partial charge on any atom is 0.416 e. The van der Waals surface area contributed by atoms with Crippen LogP contribution in [0.3, 0.4) is 0 Å². The van der Waals surface area contributed by atoms with E-state index >= 15 is 0 Å². The predicted molar refractivity (Wildman–Crippen MR) is 158 cm³/mol. The number of carbonyl (C=O) groups is 2. The van der Waals surface area contributed by atoms with E-state index in [2.05, 4.69) is 10.2 Å². The lowest BCUT2D eigenvalue weighted by Crippen LogP contribution is -2.45. The van der Waals surface area contributed by atoms with Crippen molar-refractivity contribution in [2.75, 3.05) is 26.2 Å². The van der Waals surface area contributed by atoms with Crippen LogP contribution < -0.4 is 5.32 Å². The second-order valence-electron chi connectivity index (χ2n) is 11.4. The van der Waals surface area contributed by atoms with Crippen molar-refractivity contribution in [1.29, 1.82) is 0 Å². The van der Waals surface area contributed by atoms with Gasteiger partial charge in [-0.1, -0.05) is 49.4 Å². The smallest absolute Gasteiger partial charge is 0.416 e. The van der Waals surface area contributed by atoms with Crippen LogP contribution in [-0.4, -0.2) is 49.1 Å². The van der Waals surface area contributed by atoms with E-state index in [1.807, 2.05) is 6.92 Å². The molecule has 1 atom stereocenters. The number of piperidine rings is 1. The van der Waals surface area contributed by atoms with E-state index in [4.69, 9.17) is 4.74 Å². The van der Waals surface area contributed by atoms with E-state index in [0.717, 1.165) is 63.0 Å². The van der Waals surface area contributed by atoms with E-state index in [1.165, 1.54) is 24.3 Å². The zero-order valence-electron chi connectivity index (χ0n) is 24.6. The van der Waals surface area contributed by atoms with Crippen molar-refractivity contribution in [1.82, 2.24) is 10.2 Å². The lowest BCUT2D eigenvalue weighted by Gasteiger charge is -2.34. The fourth-order valence-corrected chi connectivity index (χ4v) is 5.75. The SMILES string of the molecule is CCOC(=O)CC(C)(CCCN1CCC(NC(=O)c2ccccc2-c2ccc(C(F)(F)F)cc2)CC1)c1ccc(F)cc1. The third kappa shape index (κ3) is 8.66. The summed E-state index contributed by atoms with van der Waals surface area (Å²) in [6.45, 7) is 6.54. The zero-order valence-corrected chi connectivity index (χ0v) is 24.6. The number of benzene rings is 3. The Kier molecular flexibility index (Phi) is 10.6. The number of alkyl halides is 3. The van der Waals surface area contributed by atoms with Gasteiger partial charge >= 0.3 is 12.1 Å². The van der Waals surface area contributed by atoms with Crippen LogP contribution in [0.1, 0.15) is 67.4 Å². The van der Waals surface area contributed by atoms with Gasteiger partial charge in [0.25, 0.3) is 5.91 Å². The Balaban J connectivity index is 1.30. The summed E-state index contributed by atoms with van der Waals surface area (Å²) >= 11 is 0. The van der Waals surface area contributed by atoms with Gasteiger partial charge in [-0.25, -0.2) is 4.39 Å². The average Bonchev–Trinajstić information content (AvgIpc) is 2.98. The number of nitrogens with zero attached hydrogens (tertiary/aromatic N) is 1. The molecule has 3 aromatic rings. The Bertz CT molecular complexity index is 1370. The van der Waals surface area contributed by atoms with Crippen molar-refractivity contribution >= 4 is 11.9 Å². The molecular weight excluding hydrogens is 560 g/mol. The monoisotopic (exact) mass is 598 g/mol. The highest BCUT2D eigenvalue weighted by Crippen LogP contribution is 2.34. The van der Waals surface area contributed by atoms with Gasteiger partial charge < -0.3 is 15.0 Å². The number of nitrogens with one attached hydrogen (secondary N) is 1. The van der Waals surface area contributed by atoms with Gasteiger partial charge in [0.2, 0.25) is 0 Å². The number of carbonyl (C=O) groups excluding carboxylic acids is 2. The summed E-state index contributed by atoms with van der Waals surface area (Å²) in [7, 11) is 0. The largest absolute Gasteiger partial charge is 0.466 e. The Morgan fingerprint density at radius 3 is 2.19 bits per heavy atom. The third-order valence-corrected chi connectivity index (χ3v) is 8.20. The highest BCUT2D eigenvalue weighted by Gasteiger charge is 2.32. The molecule has 1 fully saturated rings. The van der Waals surface area contributed by atoms with Crippen LogP contribution in [-0.2, 0) is 21.1 Å². The zero-order chi connectivity index (χ0) is 31.0. The van der Waals surface area contributed by atoms with Gasteiger partial charge in [-0.15, -0.1) is 0 Å². The van der Waals surface area contributed by atoms with E-state index < -0.39 is 17.2 Å². The lowest BCUT2D eigenvalue weighted by molar-refractivity contribution is -0.144. The fourth-order valence-electron chi connectivity index (χ4n) is 5.75. The molecule has 1 amide bonds. The number of hydrogen-bond donors (Lipinski definition) is 1. The minimum Gasteiger partial charge on any atom is -0.466 e. The lowest BCUT2D eigenvalue weighted by atomic mass is 9.75. The summed E-state index contributed by atoms with van der Waals surface area (Å²) in [4.78, 5) is 27.9. The van der Waals surface area contributed by atoms with Crippen LogP contribution in [0.4, 0.5) is 17.6 Å². The molecule has 1 N–H and O–H groups in total. The van der Waals surface area contributed by atoms with E-state index in [9.17, 15) is 27.2 Å².